The third-order valence-electron chi connectivity index (χ3n) is 2.94. The number of hydrogen-bond acceptors (Lipinski definition) is 4. The molecule has 0 radical (unpaired) electrons. The number of carboxylic acid groups (broad SMARTS) is 1. The van der Waals surface area contributed by atoms with Crippen LogP contribution < -0.4 is 10.0 Å². The topological polar surface area (TPSA) is 95.5 Å². The third-order valence-corrected chi connectivity index (χ3v) is 4.59. The van der Waals surface area contributed by atoms with Gasteiger partial charge in [0.05, 0.1) is 10.5 Å². The summed E-state index contributed by atoms with van der Waals surface area (Å²) in [6, 6.07) is 3.91. The summed E-state index contributed by atoms with van der Waals surface area (Å²) in [5.74, 6) is -1.16. The van der Waals surface area contributed by atoms with Crippen LogP contribution in [0.4, 0.5) is 5.69 Å². The molecule has 0 aliphatic carbocycles. The number of aromatic carboxylic acids is 1. The molecule has 1 aromatic carbocycles. The van der Waals surface area contributed by atoms with Crippen LogP contribution in [-0.4, -0.2) is 31.6 Å². The zero-order chi connectivity index (χ0) is 16.2. The average molecular weight is 314 g/mol. The molecule has 7 heteroatoms. The van der Waals surface area contributed by atoms with Crippen LogP contribution in [0.1, 0.15) is 44.5 Å². The summed E-state index contributed by atoms with van der Waals surface area (Å²) < 4.78 is 26.6. The van der Waals surface area contributed by atoms with Gasteiger partial charge in [-0.25, -0.2) is 17.9 Å². The van der Waals surface area contributed by atoms with Crippen molar-refractivity contribution in [1.82, 2.24) is 4.72 Å². The summed E-state index contributed by atoms with van der Waals surface area (Å²) in [4.78, 5) is 11.3. The second-order valence-corrected chi connectivity index (χ2v) is 6.96. The van der Waals surface area contributed by atoms with Gasteiger partial charge in [0.15, 0.2) is 0 Å². The van der Waals surface area contributed by atoms with Crippen LogP contribution in [0, 0.1) is 0 Å². The molecule has 0 aliphatic rings. The molecule has 1 aromatic rings. The van der Waals surface area contributed by atoms with Gasteiger partial charge in [0.25, 0.3) is 0 Å². The van der Waals surface area contributed by atoms with Crippen molar-refractivity contribution in [2.24, 2.45) is 0 Å². The van der Waals surface area contributed by atoms with E-state index in [0.717, 1.165) is 6.42 Å². The van der Waals surface area contributed by atoms with Gasteiger partial charge in [-0.15, -0.1) is 0 Å². The number of carboxylic acids is 1. The van der Waals surface area contributed by atoms with Crippen LogP contribution >= 0.6 is 0 Å². The molecule has 0 bridgehead atoms. The van der Waals surface area contributed by atoms with Crippen molar-refractivity contribution < 1.29 is 18.3 Å². The molecule has 0 fully saturated rings. The predicted octanol–water partition coefficient (Wildman–Crippen LogP) is 2.28. The number of sulfonamides is 1. The second kappa shape index (κ2) is 6.91. The van der Waals surface area contributed by atoms with Crippen molar-refractivity contribution in [2.75, 3.05) is 5.32 Å². The van der Waals surface area contributed by atoms with Crippen molar-refractivity contribution in [3.05, 3.63) is 23.8 Å². The minimum atomic E-state index is -3.71. The van der Waals surface area contributed by atoms with E-state index in [-0.39, 0.29) is 22.5 Å². The third kappa shape index (κ3) is 4.71. The molecule has 0 aliphatic heterocycles. The summed E-state index contributed by atoms with van der Waals surface area (Å²) in [6.45, 7) is 7.31. The molecule has 0 aromatic heterocycles. The highest BCUT2D eigenvalue weighted by Crippen LogP contribution is 2.22. The fourth-order valence-electron chi connectivity index (χ4n) is 1.74. The zero-order valence-electron chi connectivity index (χ0n) is 12.7. The van der Waals surface area contributed by atoms with Gasteiger partial charge in [-0.05, 0) is 45.4 Å². The van der Waals surface area contributed by atoms with Crippen molar-refractivity contribution in [1.29, 1.82) is 0 Å². The highest BCUT2D eigenvalue weighted by Gasteiger charge is 2.20. The molecule has 0 saturated heterocycles. The van der Waals surface area contributed by atoms with Crippen LogP contribution in [0.25, 0.3) is 0 Å². The standard InChI is InChI=1S/C14H22N2O4S/c1-5-10(4)15-13-7-6-11(8-12(13)14(17)18)21(19,20)16-9(2)3/h6-10,15-16H,5H2,1-4H3,(H,17,18)/t10-/m1/s1. The lowest BCUT2D eigenvalue weighted by molar-refractivity contribution is 0.0697. The van der Waals surface area contributed by atoms with Gasteiger partial charge < -0.3 is 10.4 Å². The number of nitrogens with one attached hydrogen (secondary N) is 2. The van der Waals surface area contributed by atoms with Crippen molar-refractivity contribution in [3.8, 4) is 0 Å². The van der Waals surface area contributed by atoms with E-state index in [1.807, 2.05) is 13.8 Å². The number of hydrogen-bond donors (Lipinski definition) is 3. The van der Waals surface area contributed by atoms with Gasteiger partial charge in [0.2, 0.25) is 10.0 Å². The largest absolute Gasteiger partial charge is 0.478 e. The molecule has 0 amide bonds. The molecule has 118 valence electrons. The van der Waals surface area contributed by atoms with Gasteiger partial charge >= 0.3 is 5.97 Å². The molecule has 0 unspecified atom stereocenters. The minimum Gasteiger partial charge on any atom is -0.478 e. The minimum absolute atomic E-state index is 0.0525. The Labute approximate surface area is 125 Å². The Morgan fingerprint density at radius 1 is 1.29 bits per heavy atom. The SMILES string of the molecule is CC[C@@H](C)Nc1ccc(S(=O)(=O)NC(C)C)cc1C(=O)O. The van der Waals surface area contributed by atoms with Crippen LogP contribution in [0.3, 0.4) is 0 Å². The van der Waals surface area contributed by atoms with Crippen molar-refractivity contribution in [2.45, 2.75) is 51.1 Å². The summed E-state index contributed by atoms with van der Waals surface area (Å²) in [5.41, 5.74) is 0.363. The second-order valence-electron chi connectivity index (χ2n) is 5.24. The highest BCUT2D eigenvalue weighted by atomic mass is 32.2. The molecule has 1 atom stereocenters. The molecule has 0 heterocycles. The lowest BCUT2D eigenvalue weighted by atomic mass is 10.1. The Morgan fingerprint density at radius 2 is 1.90 bits per heavy atom. The first-order valence-electron chi connectivity index (χ1n) is 6.83. The Balaban J connectivity index is 3.23. The highest BCUT2D eigenvalue weighted by molar-refractivity contribution is 7.89. The smallest absolute Gasteiger partial charge is 0.337 e. The monoisotopic (exact) mass is 314 g/mol. The number of rotatable bonds is 7. The number of anilines is 1. The van der Waals surface area contributed by atoms with E-state index in [1.54, 1.807) is 13.8 Å². The first-order chi connectivity index (χ1) is 9.67. The maximum absolute atomic E-state index is 12.1. The van der Waals surface area contributed by atoms with Crippen LogP contribution in [0.2, 0.25) is 0 Å². The van der Waals surface area contributed by atoms with Gasteiger partial charge in [-0.1, -0.05) is 6.92 Å². The maximum atomic E-state index is 12.1. The van der Waals surface area contributed by atoms with Crippen molar-refractivity contribution >= 4 is 21.7 Å². The molecule has 3 N–H and O–H groups in total. The first-order valence-corrected chi connectivity index (χ1v) is 8.32. The van der Waals surface area contributed by atoms with E-state index in [2.05, 4.69) is 10.0 Å². The summed E-state index contributed by atoms with van der Waals surface area (Å²) >= 11 is 0. The normalized spacial score (nSPS) is 13.2. The average Bonchev–Trinajstić information content (AvgIpc) is 2.36. The molecular formula is C14H22N2O4S. The first kappa shape index (κ1) is 17.5. The van der Waals surface area contributed by atoms with Crippen molar-refractivity contribution in [3.63, 3.8) is 0 Å². The number of carbonyl (C=O) groups is 1. The predicted molar refractivity (Wildman–Crippen MR) is 82.2 cm³/mol. The Kier molecular flexibility index (Phi) is 5.74. The summed E-state index contributed by atoms with van der Waals surface area (Å²) in [7, 11) is -3.71. The van der Waals surface area contributed by atoms with E-state index in [1.165, 1.54) is 18.2 Å². The Hall–Kier alpha value is -1.60. The maximum Gasteiger partial charge on any atom is 0.337 e. The van der Waals surface area contributed by atoms with Crippen LogP contribution in [0.15, 0.2) is 23.1 Å². The van der Waals surface area contributed by atoms with E-state index >= 15 is 0 Å². The Morgan fingerprint density at radius 3 is 2.38 bits per heavy atom. The fourth-order valence-corrected chi connectivity index (χ4v) is 3.02. The summed E-state index contributed by atoms with van der Waals surface area (Å²) in [5, 5.41) is 12.3. The Bertz CT molecular complexity index is 611. The van der Waals surface area contributed by atoms with E-state index in [4.69, 9.17) is 0 Å². The van der Waals surface area contributed by atoms with Gasteiger partial charge in [0.1, 0.15) is 0 Å². The van der Waals surface area contributed by atoms with Crippen LogP contribution in [-0.2, 0) is 10.0 Å². The summed E-state index contributed by atoms with van der Waals surface area (Å²) in [6.07, 6.45) is 0.827. The molecule has 6 nitrogen and oxygen atoms in total. The quantitative estimate of drug-likeness (QED) is 0.717. The van der Waals surface area contributed by atoms with Gasteiger partial charge in [0, 0.05) is 17.8 Å². The lowest BCUT2D eigenvalue weighted by Crippen LogP contribution is -2.30. The molecule has 21 heavy (non-hydrogen) atoms. The number of benzene rings is 1. The molecular weight excluding hydrogens is 292 g/mol. The fraction of sp³-hybridized carbons (Fsp3) is 0.500. The van der Waals surface area contributed by atoms with Gasteiger partial charge in [-0.3, -0.25) is 0 Å². The molecule has 0 spiro atoms. The molecule has 0 saturated carbocycles. The zero-order valence-corrected chi connectivity index (χ0v) is 13.5. The molecule has 1 rings (SSSR count). The van der Waals surface area contributed by atoms with Crippen LogP contribution in [0.5, 0.6) is 0 Å². The van der Waals surface area contributed by atoms with Gasteiger partial charge in [-0.2, -0.15) is 0 Å². The lowest BCUT2D eigenvalue weighted by Gasteiger charge is -2.16. The van der Waals surface area contributed by atoms with E-state index in [9.17, 15) is 18.3 Å². The van der Waals surface area contributed by atoms with E-state index in [0.29, 0.717) is 5.69 Å². The van der Waals surface area contributed by atoms with E-state index < -0.39 is 16.0 Å².